The molecule has 1 atom stereocenters. The number of halogens is 3. The third kappa shape index (κ3) is 4.81. The van der Waals surface area contributed by atoms with Gasteiger partial charge in [0.2, 0.25) is 11.8 Å². The standard InChI is InChI=1S/C19H25F3N4O2/c1-13(27)23-10-14-11-24-16(9-15(14)19(20,21)22)17-5-4-8-26(17)18(28)12-25-6-2-3-7-25/h9,11,17H,2-8,10,12H2,1H3,(H,23,27). The van der Waals surface area contributed by atoms with Gasteiger partial charge in [-0.25, -0.2) is 0 Å². The van der Waals surface area contributed by atoms with Gasteiger partial charge in [0.05, 0.1) is 23.8 Å². The van der Waals surface area contributed by atoms with Crippen molar-refractivity contribution in [2.75, 3.05) is 26.2 Å². The van der Waals surface area contributed by atoms with Crippen molar-refractivity contribution in [3.8, 4) is 0 Å². The molecule has 0 aromatic carbocycles. The molecule has 1 N–H and O–H groups in total. The van der Waals surface area contributed by atoms with Gasteiger partial charge in [-0.2, -0.15) is 13.2 Å². The zero-order valence-electron chi connectivity index (χ0n) is 15.9. The van der Waals surface area contributed by atoms with Crippen molar-refractivity contribution >= 4 is 11.8 Å². The first-order valence-corrected chi connectivity index (χ1v) is 9.58. The number of nitrogens with one attached hydrogen (secondary N) is 1. The predicted octanol–water partition coefficient (Wildman–Crippen LogP) is 2.50. The van der Waals surface area contributed by atoms with Crippen LogP contribution in [0.5, 0.6) is 0 Å². The molecule has 1 unspecified atom stereocenters. The Morgan fingerprint density at radius 3 is 2.57 bits per heavy atom. The van der Waals surface area contributed by atoms with E-state index in [1.165, 1.54) is 6.92 Å². The molecule has 3 rings (SSSR count). The normalized spacial score (nSPS) is 20.6. The van der Waals surface area contributed by atoms with Crippen molar-refractivity contribution in [1.82, 2.24) is 20.1 Å². The monoisotopic (exact) mass is 398 g/mol. The van der Waals surface area contributed by atoms with Gasteiger partial charge in [-0.1, -0.05) is 0 Å². The lowest BCUT2D eigenvalue weighted by Gasteiger charge is -2.27. The van der Waals surface area contributed by atoms with E-state index in [2.05, 4.69) is 15.2 Å². The summed E-state index contributed by atoms with van der Waals surface area (Å²) in [5.41, 5.74) is -0.643. The van der Waals surface area contributed by atoms with Crippen LogP contribution >= 0.6 is 0 Å². The number of pyridine rings is 1. The van der Waals surface area contributed by atoms with E-state index < -0.39 is 23.7 Å². The van der Waals surface area contributed by atoms with E-state index in [-0.39, 0.29) is 23.7 Å². The molecular formula is C19H25F3N4O2. The smallest absolute Gasteiger partial charge is 0.352 e. The van der Waals surface area contributed by atoms with E-state index in [1.54, 1.807) is 4.90 Å². The second-order valence-corrected chi connectivity index (χ2v) is 7.40. The Labute approximate surface area is 162 Å². The number of hydrogen-bond donors (Lipinski definition) is 1. The van der Waals surface area contributed by atoms with Crippen LogP contribution in [-0.2, 0) is 22.3 Å². The van der Waals surface area contributed by atoms with Crippen LogP contribution in [0.2, 0.25) is 0 Å². The molecule has 0 radical (unpaired) electrons. The number of hydrogen-bond acceptors (Lipinski definition) is 4. The lowest BCUT2D eigenvalue weighted by Crippen LogP contribution is -2.39. The number of amides is 2. The fourth-order valence-corrected chi connectivity index (χ4v) is 3.90. The maximum Gasteiger partial charge on any atom is 0.416 e. The van der Waals surface area contributed by atoms with Crippen LogP contribution in [0.3, 0.4) is 0 Å². The van der Waals surface area contributed by atoms with Crippen molar-refractivity contribution in [1.29, 1.82) is 0 Å². The van der Waals surface area contributed by atoms with Crippen LogP contribution in [0.15, 0.2) is 12.3 Å². The topological polar surface area (TPSA) is 65.5 Å². The third-order valence-corrected chi connectivity index (χ3v) is 5.31. The zero-order chi connectivity index (χ0) is 20.3. The molecule has 2 fully saturated rings. The summed E-state index contributed by atoms with van der Waals surface area (Å²) in [6.45, 7) is 3.63. The molecule has 0 aliphatic carbocycles. The third-order valence-electron chi connectivity index (χ3n) is 5.31. The van der Waals surface area contributed by atoms with E-state index in [0.717, 1.165) is 44.6 Å². The zero-order valence-corrected chi connectivity index (χ0v) is 15.9. The average Bonchev–Trinajstić information content (AvgIpc) is 3.30. The molecule has 154 valence electrons. The largest absolute Gasteiger partial charge is 0.416 e. The fraction of sp³-hybridized carbons (Fsp3) is 0.632. The number of carbonyl (C=O) groups excluding carboxylic acids is 2. The maximum absolute atomic E-state index is 13.5. The Balaban J connectivity index is 1.80. The quantitative estimate of drug-likeness (QED) is 0.828. The fourth-order valence-electron chi connectivity index (χ4n) is 3.90. The Morgan fingerprint density at radius 2 is 1.93 bits per heavy atom. The molecule has 3 heterocycles. The number of nitrogens with zero attached hydrogens (tertiary/aromatic N) is 3. The molecule has 0 bridgehead atoms. The number of rotatable bonds is 5. The van der Waals surface area contributed by atoms with Gasteiger partial charge in [0, 0.05) is 31.8 Å². The average molecular weight is 398 g/mol. The van der Waals surface area contributed by atoms with Gasteiger partial charge in [0.25, 0.3) is 0 Å². The first-order valence-electron chi connectivity index (χ1n) is 9.58. The minimum Gasteiger partial charge on any atom is -0.352 e. The number of carbonyl (C=O) groups is 2. The van der Waals surface area contributed by atoms with Crippen LogP contribution in [0.1, 0.15) is 55.5 Å². The number of alkyl halides is 3. The summed E-state index contributed by atoms with van der Waals surface area (Å²) in [4.78, 5) is 31.7. The highest BCUT2D eigenvalue weighted by atomic mass is 19.4. The lowest BCUT2D eigenvalue weighted by molar-refractivity contribution is -0.138. The van der Waals surface area contributed by atoms with Gasteiger partial charge in [-0.15, -0.1) is 0 Å². The van der Waals surface area contributed by atoms with Gasteiger partial charge < -0.3 is 10.2 Å². The summed E-state index contributed by atoms with van der Waals surface area (Å²) in [5.74, 6) is -0.464. The summed E-state index contributed by atoms with van der Waals surface area (Å²) in [5, 5.41) is 2.38. The van der Waals surface area contributed by atoms with Gasteiger partial charge in [-0.05, 0) is 44.8 Å². The predicted molar refractivity (Wildman–Crippen MR) is 96.1 cm³/mol. The van der Waals surface area contributed by atoms with Gasteiger partial charge >= 0.3 is 6.18 Å². The maximum atomic E-state index is 13.5. The van der Waals surface area contributed by atoms with Crippen molar-refractivity contribution in [2.24, 2.45) is 0 Å². The highest BCUT2D eigenvalue weighted by molar-refractivity contribution is 5.79. The molecule has 1 aromatic rings. The van der Waals surface area contributed by atoms with Gasteiger partial charge in [-0.3, -0.25) is 19.5 Å². The van der Waals surface area contributed by atoms with Crippen LogP contribution in [0.25, 0.3) is 0 Å². The Kier molecular flexibility index (Phi) is 6.22. The molecule has 1 aromatic heterocycles. The van der Waals surface area contributed by atoms with Gasteiger partial charge in [0.15, 0.2) is 0 Å². The van der Waals surface area contributed by atoms with E-state index in [1.807, 2.05) is 0 Å². The molecule has 0 spiro atoms. The van der Waals surface area contributed by atoms with Crippen molar-refractivity contribution in [2.45, 2.75) is 51.4 Å². The molecule has 2 aliphatic rings. The summed E-state index contributed by atoms with van der Waals surface area (Å²) in [6.07, 6.45) is 0.0874. The molecule has 2 aliphatic heterocycles. The van der Waals surface area contributed by atoms with E-state index in [4.69, 9.17) is 0 Å². The summed E-state index contributed by atoms with van der Waals surface area (Å²) in [7, 11) is 0. The lowest BCUT2D eigenvalue weighted by atomic mass is 10.0. The summed E-state index contributed by atoms with van der Waals surface area (Å²) < 4.78 is 40.6. The van der Waals surface area contributed by atoms with E-state index >= 15 is 0 Å². The molecule has 0 saturated carbocycles. The highest BCUT2D eigenvalue weighted by Crippen LogP contribution is 2.36. The van der Waals surface area contributed by atoms with Crippen molar-refractivity contribution < 1.29 is 22.8 Å². The molecule has 9 heteroatoms. The minimum atomic E-state index is -4.56. The number of likely N-dealkylation sites (tertiary alicyclic amines) is 2. The van der Waals surface area contributed by atoms with Crippen LogP contribution < -0.4 is 5.32 Å². The SMILES string of the molecule is CC(=O)NCc1cnc(C2CCCN2C(=O)CN2CCCC2)cc1C(F)(F)F. The Bertz CT molecular complexity index is 732. The second-order valence-electron chi connectivity index (χ2n) is 7.40. The van der Waals surface area contributed by atoms with Crippen LogP contribution in [0, 0.1) is 0 Å². The minimum absolute atomic E-state index is 0.0536. The molecule has 6 nitrogen and oxygen atoms in total. The second kappa shape index (κ2) is 8.46. The molecule has 2 saturated heterocycles. The molecule has 28 heavy (non-hydrogen) atoms. The van der Waals surface area contributed by atoms with Crippen molar-refractivity contribution in [3.63, 3.8) is 0 Å². The number of aromatic nitrogens is 1. The first-order chi connectivity index (χ1) is 13.3. The molecular weight excluding hydrogens is 373 g/mol. The van der Waals surface area contributed by atoms with Crippen molar-refractivity contribution in [3.05, 3.63) is 29.1 Å². The van der Waals surface area contributed by atoms with E-state index in [9.17, 15) is 22.8 Å². The van der Waals surface area contributed by atoms with E-state index in [0.29, 0.717) is 19.5 Å². The van der Waals surface area contributed by atoms with Crippen LogP contribution in [0.4, 0.5) is 13.2 Å². The Hall–Kier alpha value is -2.16. The molecule has 2 amide bonds. The summed E-state index contributed by atoms with van der Waals surface area (Å²) in [6, 6.07) is 0.592. The van der Waals surface area contributed by atoms with Gasteiger partial charge in [0.1, 0.15) is 0 Å². The summed E-state index contributed by atoms with van der Waals surface area (Å²) >= 11 is 0. The Morgan fingerprint density at radius 1 is 1.21 bits per heavy atom. The van der Waals surface area contributed by atoms with Crippen LogP contribution in [-0.4, -0.2) is 52.8 Å². The first kappa shape index (κ1) is 20.6. The highest BCUT2D eigenvalue weighted by Gasteiger charge is 2.37.